The molecule has 8 heterocycles. The Kier molecular flexibility index (Phi) is 9.21. The molecule has 68 heavy (non-hydrogen) atoms. The molecule has 12 rings (SSSR count). The van der Waals surface area contributed by atoms with Crippen LogP contribution in [0.25, 0.3) is 39.0 Å². The average molecular weight is 927 g/mol. The number of rotatable bonds is 7. The lowest BCUT2D eigenvalue weighted by Gasteiger charge is -2.46. The molecule has 2 saturated heterocycles. The molecular formula is C50H49F3N10O5. The predicted octanol–water partition coefficient (Wildman–Crippen LogP) is 8.11. The summed E-state index contributed by atoms with van der Waals surface area (Å²) in [6.45, 7) is 9.90. The number of nitrogens with zero attached hydrogens (tertiary/aromatic N) is 9. The predicted molar refractivity (Wildman–Crippen MR) is 244 cm³/mol. The topological polar surface area (TPSA) is 156 Å². The summed E-state index contributed by atoms with van der Waals surface area (Å²) in [5.41, 5.74) is 2.34. The number of halogens is 3. The van der Waals surface area contributed by atoms with Gasteiger partial charge in [-0.15, -0.1) is 0 Å². The first-order valence-electron chi connectivity index (χ1n) is 23.2. The summed E-state index contributed by atoms with van der Waals surface area (Å²) in [6, 6.07) is 10.9. The highest BCUT2D eigenvalue weighted by Gasteiger charge is 2.60. The number of ether oxygens (including phenoxy) is 1. The summed E-state index contributed by atoms with van der Waals surface area (Å²) < 4.78 is 67.2. The van der Waals surface area contributed by atoms with E-state index in [9.17, 15) is 9.59 Å². The number of carbonyl (C=O) groups excluding carboxylic acids is 1. The number of aromatic nitrogens is 9. The van der Waals surface area contributed by atoms with Crippen LogP contribution < -0.4 is 11.4 Å². The van der Waals surface area contributed by atoms with Crippen LogP contribution in [0, 0.1) is 37.2 Å². The second-order valence-electron chi connectivity index (χ2n) is 20.0. The van der Waals surface area contributed by atoms with Gasteiger partial charge in [0.25, 0.3) is 5.91 Å². The van der Waals surface area contributed by atoms with Crippen LogP contribution in [0.3, 0.4) is 0 Å². The fourth-order valence-corrected chi connectivity index (χ4v) is 11.9. The number of aromatic amines is 1. The fraction of sp³-hybridized carbons (Fsp3) is 0.400. The number of benzene rings is 3. The zero-order chi connectivity index (χ0) is 47.3. The molecule has 1 N–H and O–H groups in total. The van der Waals surface area contributed by atoms with Gasteiger partial charge in [0.05, 0.1) is 51.3 Å². The Morgan fingerprint density at radius 3 is 2.43 bits per heavy atom. The fourth-order valence-electron chi connectivity index (χ4n) is 11.9. The highest BCUT2D eigenvalue weighted by molar-refractivity contribution is 6.00. The molecule has 1 aliphatic carbocycles. The van der Waals surface area contributed by atoms with Crippen molar-refractivity contribution in [2.24, 2.45) is 13.0 Å². The standard InChI is InChI=1S/C50H49F3N10O5/c1-25-16-32(17-26(2)41(25)52)63-44(60-14-13-59(48(60)66)38-11-10-36-33(42(38)53)24-54-58(36)6)40-35(56-63)21-31-8-7-9-37(40)61(31)45(64)39-20-30-18-29(28-12-15-67-49(4,5)23-28)19-34(51)43(30)62(39)50(22-27(50)3)46-55-47(65)68-57-46/h10-11,13-14,16-20,24,27-28,31,37H,7-9,12,15,21-23H2,1-6H3,(H,55,57,65)/t27-,28-,31+,37-,50-/m0/s1. The third-order valence-electron chi connectivity index (χ3n) is 15.3. The SMILES string of the molecule is Cc1cc(-n2nc3c(c2-n2ccn(-c4ccc5c(cnn5C)c4F)c2=O)[C@@H]2CCC[C@H](C3)N2C(=O)c2cc3cc([C@H]4CCOC(C)(C)C4)cc(F)c3n2[C@@]2(c3noc(=O)[nH]3)C[C@@H]2C)cc(C)c1F. The molecule has 5 aromatic heterocycles. The molecule has 1 amide bonds. The lowest BCUT2D eigenvalue weighted by Crippen LogP contribution is -2.50. The molecule has 0 unspecified atom stereocenters. The lowest BCUT2D eigenvalue weighted by molar-refractivity contribution is -0.0593. The van der Waals surface area contributed by atoms with Crippen LogP contribution >= 0.6 is 0 Å². The Morgan fingerprint density at radius 2 is 1.71 bits per heavy atom. The van der Waals surface area contributed by atoms with Gasteiger partial charge in [-0.25, -0.2) is 27.4 Å². The number of piperidine rings is 1. The number of imidazole rings is 1. The van der Waals surface area contributed by atoms with Crippen molar-refractivity contribution >= 4 is 27.7 Å². The molecule has 8 aromatic rings. The number of amides is 1. The van der Waals surface area contributed by atoms with E-state index in [1.165, 1.54) is 27.6 Å². The Balaban J connectivity index is 1.04. The highest BCUT2D eigenvalue weighted by Crippen LogP contribution is 2.57. The Labute approximate surface area is 386 Å². The van der Waals surface area contributed by atoms with E-state index >= 15 is 18.0 Å². The molecule has 0 radical (unpaired) electrons. The molecule has 2 bridgehead atoms. The first-order chi connectivity index (χ1) is 32.5. The number of aryl methyl sites for hydroxylation is 3. The van der Waals surface area contributed by atoms with Gasteiger partial charge in [0.15, 0.2) is 11.6 Å². The molecule has 350 valence electrons. The third kappa shape index (κ3) is 6.14. The van der Waals surface area contributed by atoms with Gasteiger partial charge in [0.2, 0.25) is 0 Å². The number of hydrogen-bond donors (Lipinski definition) is 1. The minimum atomic E-state index is -1.10. The maximum absolute atomic E-state index is 17.2. The number of carbonyl (C=O) groups is 1. The van der Waals surface area contributed by atoms with Crippen LogP contribution in [0.5, 0.6) is 0 Å². The van der Waals surface area contributed by atoms with Crippen LogP contribution in [-0.2, 0) is 23.7 Å². The van der Waals surface area contributed by atoms with Crippen LogP contribution in [0.4, 0.5) is 13.2 Å². The van der Waals surface area contributed by atoms with E-state index in [0.717, 1.165) is 18.4 Å². The van der Waals surface area contributed by atoms with E-state index in [1.807, 2.05) is 31.7 Å². The van der Waals surface area contributed by atoms with Crippen molar-refractivity contribution in [2.75, 3.05) is 6.61 Å². The number of H-pyrrole nitrogens is 1. The van der Waals surface area contributed by atoms with Crippen LogP contribution in [-0.4, -0.2) is 72.5 Å². The van der Waals surface area contributed by atoms with Crippen molar-refractivity contribution in [3.05, 3.63) is 139 Å². The van der Waals surface area contributed by atoms with E-state index < -0.39 is 40.3 Å². The maximum atomic E-state index is 17.2. The zero-order valence-corrected chi connectivity index (χ0v) is 38.4. The van der Waals surface area contributed by atoms with Gasteiger partial charge >= 0.3 is 11.4 Å². The van der Waals surface area contributed by atoms with Gasteiger partial charge in [-0.1, -0.05) is 12.1 Å². The highest BCUT2D eigenvalue weighted by atomic mass is 19.1. The molecule has 18 heteroatoms. The summed E-state index contributed by atoms with van der Waals surface area (Å²) in [7, 11) is 1.71. The van der Waals surface area contributed by atoms with Crippen molar-refractivity contribution in [3.63, 3.8) is 0 Å². The number of fused-ring (bicyclic) bond motifs is 6. The van der Waals surface area contributed by atoms with Gasteiger partial charge in [0, 0.05) is 49.5 Å². The number of hydrogen-bond acceptors (Lipinski definition) is 8. The second kappa shape index (κ2) is 14.8. The minimum Gasteiger partial charge on any atom is -0.376 e. The smallest absolute Gasteiger partial charge is 0.376 e. The maximum Gasteiger partial charge on any atom is 0.438 e. The molecule has 5 atom stereocenters. The summed E-state index contributed by atoms with van der Waals surface area (Å²) in [4.78, 5) is 47.9. The Morgan fingerprint density at radius 1 is 0.941 bits per heavy atom. The molecule has 1 saturated carbocycles. The lowest BCUT2D eigenvalue weighted by atomic mass is 9.82. The molecule has 3 aliphatic heterocycles. The second-order valence-corrected chi connectivity index (χ2v) is 20.0. The Hall–Kier alpha value is -6.95. The van der Waals surface area contributed by atoms with Crippen LogP contribution in [0.2, 0.25) is 0 Å². The monoisotopic (exact) mass is 926 g/mol. The molecule has 4 aliphatic rings. The van der Waals surface area contributed by atoms with E-state index in [-0.39, 0.29) is 57.7 Å². The number of nitrogens with one attached hydrogen (secondary N) is 1. The first-order valence-corrected chi connectivity index (χ1v) is 23.2. The van der Waals surface area contributed by atoms with Gasteiger partial charge in [-0.3, -0.25) is 28.1 Å². The van der Waals surface area contributed by atoms with Gasteiger partial charge < -0.3 is 14.2 Å². The first kappa shape index (κ1) is 42.4. The van der Waals surface area contributed by atoms with Gasteiger partial charge in [-0.2, -0.15) is 10.2 Å². The van der Waals surface area contributed by atoms with Crippen molar-refractivity contribution < 1.29 is 27.2 Å². The van der Waals surface area contributed by atoms with Crippen molar-refractivity contribution in [3.8, 4) is 17.2 Å². The summed E-state index contributed by atoms with van der Waals surface area (Å²) in [5.74, 6) is -2.19. The van der Waals surface area contributed by atoms with Crippen LogP contribution in [0.15, 0.2) is 75.2 Å². The molecule has 3 aromatic carbocycles. The van der Waals surface area contributed by atoms with E-state index in [0.29, 0.717) is 83.5 Å². The van der Waals surface area contributed by atoms with E-state index in [1.54, 1.807) is 71.4 Å². The normalized spacial score (nSPS) is 23.2. The van der Waals surface area contributed by atoms with Gasteiger partial charge in [-0.05, 0) is 137 Å². The molecule has 15 nitrogen and oxygen atoms in total. The third-order valence-corrected chi connectivity index (χ3v) is 15.3. The summed E-state index contributed by atoms with van der Waals surface area (Å²) in [6.07, 6.45) is 8.58. The quantitative estimate of drug-likeness (QED) is 0.168. The molecular weight excluding hydrogens is 878 g/mol. The van der Waals surface area contributed by atoms with Crippen LogP contribution in [0.1, 0.15) is 116 Å². The van der Waals surface area contributed by atoms with Crippen molar-refractivity contribution in [1.29, 1.82) is 0 Å². The largest absolute Gasteiger partial charge is 0.438 e. The van der Waals surface area contributed by atoms with Crippen molar-refractivity contribution in [2.45, 2.75) is 109 Å². The summed E-state index contributed by atoms with van der Waals surface area (Å²) in [5, 5.41) is 14.3. The molecule has 0 spiro atoms. The summed E-state index contributed by atoms with van der Waals surface area (Å²) >= 11 is 0. The minimum absolute atomic E-state index is 0.0253. The van der Waals surface area contributed by atoms with Crippen molar-refractivity contribution in [1.82, 2.24) is 48.3 Å². The van der Waals surface area contributed by atoms with Gasteiger partial charge in [0.1, 0.15) is 28.7 Å². The van der Waals surface area contributed by atoms with E-state index in [2.05, 4.69) is 15.2 Å². The Bertz CT molecular complexity index is 3530. The molecule has 3 fully saturated rings. The zero-order valence-electron chi connectivity index (χ0n) is 38.4. The average Bonchev–Trinajstić information content (AvgIpc) is 3.93. The van der Waals surface area contributed by atoms with E-state index in [4.69, 9.17) is 14.4 Å².